The maximum atomic E-state index is 12.5. The van der Waals surface area contributed by atoms with Crippen LogP contribution in [0.2, 0.25) is 5.02 Å². The Morgan fingerprint density at radius 3 is 2.53 bits per heavy atom. The Morgan fingerprint density at radius 1 is 1.06 bits per heavy atom. The van der Waals surface area contributed by atoms with Crippen molar-refractivity contribution in [1.82, 2.24) is 23.9 Å². The Kier molecular flexibility index (Phi) is 7.13. The fourth-order valence-electron chi connectivity index (χ4n) is 4.59. The lowest BCUT2D eigenvalue weighted by molar-refractivity contribution is -0.121. The van der Waals surface area contributed by atoms with E-state index in [1.165, 1.54) is 22.9 Å². The average Bonchev–Trinajstić information content (AvgIpc) is 3.24. The molecule has 3 aromatic rings. The van der Waals surface area contributed by atoms with E-state index in [0.717, 1.165) is 48.7 Å². The van der Waals surface area contributed by atoms with Gasteiger partial charge in [0, 0.05) is 63.7 Å². The standard InChI is InChI=1S/C24H31ClN6O3/c1-17-5-6-18(25)15-20(17)30-13-11-29(12-14-30)9-4-8-26-21(32)16-31-10-7-19-22(31)27(2)24(34)28(3)23(19)33/h5-7,10,15H,4,8-9,11-14,16H2,1-3H3,(H,26,32). The number of halogens is 1. The quantitative estimate of drug-likeness (QED) is 0.509. The van der Waals surface area contributed by atoms with E-state index in [0.29, 0.717) is 17.6 Å². The van der Waals surface area contributed by atoms with Crippen LogP contribution in [0.4, 0.5) is 5.69 Å². The zero-order valence-electron chi connectivity index (χ0n) is 19.9. The Labute approximate surface area is 203 Å². The summed E-state index contributed by atoms with van der Waals surface area (Å²) in [6.07, 6.45) is 2.53. The third-order valence-corrected chi connectivity index (χ3v) is 6.77. The molecule has 0 bridgehead atoms. The van der Waals surface area contributed by atoms with Crippen molar-refractivity contribution in [1.29, 1.82) is 0 Å². The van der Waals surface area contributed by atoms with Gasteiger partial charge in [0.2, 0.25) is 5.91 Å². The van der Waals surface area contributed by atoms with Crippen molar-refractivity contribution < 1.29 is 4.79 Å². The molecule has 0 saturated carbocycles. The van der Waals surface area contributed by atoms with Crippen molar-refractivity contribution in [3.63, 3.8) is 0 Å². The molecular weight excluding hydrogens is 456 g/mol. The van der Waals surface area contributed by atoms with Crippen LogP contribution in [0.25, 0.3) is 11.0 Å². The van der Waals surface area contributed by atoms with Gasteiger partial charge < -0.3 is 14.8 Å². The first-order valence-electron chi connectivity index (χ1n) is 11.5. The topological polar surface area (TPSA) is 84.5 Å². The minimum Gasteiger partial charge on any atom is -0.369 e. The maximum absolute atomic E-state index is 12.5. The Morgan fingerprint density at radius 2 is 1.79 bits per heavy atom. The summed E-state index contributed by atoms with van der Waals surface area (Å²) in [5.74, 6) is -0.146. The number of nitrogens with one attached hydrogen (secondary N) is 1. The first-order chi connectivity index (χ1) is 16.3. The van der Waals surface area contributed by atoms with Crippen LogP contribution in [-0.4, -0.2) is 63.8 Å². The lowest BCUT2D eigenvalue weighted by Gasteiger charge is -2.37. The van der Waals surface area contributed by atoms with Crippen LogP contribution < -0.4 is 21.5 Å². The fourth-order valence-corrected chi connectivity index (χ4v) is 4.76. The first kappa shape index (κ1) is 24.1. The highest BCUT2D eigenvalue weighted by Gasteiger charge is 2.19. The Hall–Kier alpha value is -3.04. The number of nitrogens with zero attached hydrogens (tertiary/aromatic N) is 5. The van der Waals surface area contributed by atoms with Gasteiger partial charge in [0.05, 0.1) is 5.39 Å². The summed E-state index contributed by atoms with van der Waals surface area (Å²) in [4.78, 5) is 41.8. The minimum atomic E-state index is -0.413. The van der Waals surface area contributed by atoms with Crippen LogP contribution >= 0.6 is 11.6 Å². The summed E-state index contributed by atoms with van der Waals surface area (Å²) in [6, 6.07) is 7.66. The fraction of sp³-hybridized carbons (Fsp3) is 0.458. The van der Waals surface area contributed by atoms with Crippen molar-refractivity contribution in [2.45, 2.75) is 19.9 Å². The van der Waals surface area contributed by atoms with Gasteiger partial charge in [-0.05, 0) is 43.7 Å². The summed E-state index contributed by atoms with van der Waals surface area (Å²) in [6.45, 7) is 7.50. The molecule has 3 heterocycles. The molecule has 4 rings (SSSR count). The minimum absolute atomic E-state index is 0.0572. The van der Waals surface area contributed by atoms with Gasteiger partial charge in [-0.1, -0.05) is 17.7 Å². The first-order valence-corrected chi connectivity index (χ1v) is 11.9. The van der Waals surface area contributed by atoms with Gasteiger partial charge in [-0.2, -0.15) is 0 Å². The second-order valence-corrected chi connectivity index (χ2v) is 9.29. The lowest BCUT2D eigenvalue weighted by Crippen LogP contribution is -2.47. The molecule has 0 radical (unpaired) electrons. The van der Waals surface area contributed by atoms with Crippen LogP contribution in [-0.2, 0) is 25.4 Å². The van der Waals surface area contributed by atoms with Gasteiger partial charge in [0.1, 0.15) is 12.2 Å². The number of aryl methyl sites for hydroxylation is 2. The van der Waals surface area contributed by atoms with Gasteiger partial charge in [-0.25, -0.2) is 4.79 Å². The molecule has 1 aliphatic heterocycles. The van der Waals surface area contributed by atoms with Crippen LogP contribution in [0.1, 0.15) is 12.0 Å². The predicted molar refractivity (Wildman–Crippen MR) is 135 cm³/mol. The number of hydrogen-bond acceptors (Lipinski definition) is 5. The van der Waals surface area contributed by atoms with Gasteiger partial charge in [0.15, 0.2) is 0 Å². The molecule has 1 fully saturated rings. The molecule has 0 unspecified atom stereocenters. The molecule has 0 spiro atoms. The predicted octanol–water partition coefficient (Wildman–Crippen LogP) is 1.33. The number of aromatic nitrogens is 3. The smallest absolute Gasteiger partial charge is 0.332 e. The average molecular weight is 487 g/mol. The lowest BCUT2D eigenvalue weighted by atomic mass is 10.1. The molecule has 1 saturated heterocycles. The van der Waals surface area contributed by atoms with Crippen molar-refractivity contribution in [3.05, 3.63) is 61.9 Å². The molecule has 1 aliphatic rings. The van der Waals surface area contributed by atoms with Gasteiger partial charge in [0.25, 0.3) is 5.56 Å². The summed E-state index contributed by atoms with van der Waals surface area (Å²) in [7, 11) is 3.05. The third kappa shape index (κ3) is 4.90. The number of piperazine rings is 1. The highest BCUT2D eigenvalue weighted by molar-refractivity contribution is 6.30. The molecule has 2 aromatic heterocycles. The number of amides is 1. The molecular formula is C24H31ClN6O3. The van der Waals surface area contributed by atoms with Gasteiger partial charge >= 0.3 is 5.69 Å². The van der Waals surface area contributed by atoms with E-state index in [1.54, 1.807) is 23.9 Å². The van der Waals surface area contributed by atoms with Crippen molar-refractivity contribution in [2.75, 3.05) is 44.2 Å². The van der Waals surface area contributed by atoms with E-state index in [9.17, 15) is 14.4 Å². The molecule has 1 aromatic carbocycles. The molecule has 1 amide bonds. The monoisotopic (exact) mass is 486 g/mol. The number of carbonyl (C=O) groups is 1. The molecule has 9 nitrogen and oxygen atoms in total. The maximum Gasteiger partial charge on any atom is 0.332 e. The second-order valence-electron chi connectivity index (χ2n) is 8.85. The van der Waals surface area contributed by atoms with Crippen LogP contribution in [0, 0.1) is 6.92 Å². The largest absolute Gasteiger partial charge is 0.369 e. The van der Waals surface area contributed by atoms with E-state index in [2.05, 4.69) is 28.1 Å². The molecule has 0 atom stereocenters. The Bertz CT molecular complexity index is 1320. The van der Waals surface area contributed by atoms with Gasteiger partial charge in [-0.15, -0.1) is 0 Å². The third-order valence-electron chi connectivity index (χ3n) is 6.53. The number of rotatable bonds is 7. The number of hydrogen-bond donors (Lipinski definition) is 1. The van der Waals surface area contributed by atoms with E-state index in [-0.39, 0.29) is 18.0 Å². The van der Waals surface area contributed by atoms with Crippen LogP contribution in [0.5, 0.6) is 0 Å². The number of benzene rings is 1. The van der Waals surface area contributed by atoms with Gasteiger partial charge in [-0.3, -0.25) is 23.6 Å². The van der Waals surface area contributed by atoms with Crippen molar-refractivity contribution in [2.24, 2.45) is 14.1 Å². The van der Waals surface area contributed by atoms with Crippen LogP contribution in [0.15, 0.2) is 40.1 Å². The SMILES string of the molecule is Cc1ccc(Cl)cc1N1CCN(CCCNC(=O)Cn2ccc3c(=O)n(C)c(=O)n(C)c32)CC1. The molecule has 10 heteroatoms. The molecule has 0 aliphatic carbocycles. The molecule has 182 valence electrons. The van der Waals surface area contributed by atoms with Crippen molar-refractivity contribution >= 4 is 34.2 Å². The molecule has 34 heavy (non-hydrogen) atoms. The highest BCUT2D eigenvalue weighted by atomic mass is 35.5. The zero-order chi connectivity index (χ0) is 24.4. The van der Waals surface area contributed by atoms with E-state index in [4.69, 9.17) is 11.6 Å². The Balaban J connectivity index is 1.24. The summed E-state index contributed by atoms with van der Waals surface area (Å²) >= 11 is 6.17. The number of fused-ring (bicyclic) bond motifs is 1. The highest BCUT2D eigenvalue weighted by Crippen LogP contribution is 2.25. The normalized spacial score (nSPS) is 14.6. The number of anilines is 1. The van der Waals surface area contributed by atoms with E-state index >= 15 is 0 Å². The second kappa shape index (κ2) is 10.1. The zero-order valence-corrected chi connectivity index (χ0v) is 20.6. The molecule has 1 N–H and O–H groups in total. The summed E-state index contributed by atoms with van der Waals surface area (Å²) < 4.78 is 4.11. The van der Waals surface area contributed by atoms with Crippen LogP contribution in [0.3, 0.4) is 0 Å². The number of carbonyl (C=O) groups excluding carboxylic acids is 1. The van der Waals surface area contributed by atoms with E-state index in [1.807, 2.05) is 12.1 Å². The van der Waals surface area contributed by atoms with E-state index < -0.39 is 5.69 Å². The summed E-state index contributed by atoms with van der Waals surface area (Å²) in [5, 5.41) is 4.13. The van der Waals surface area contributed by atoms with Crippen molar-refractivity contribution in [3.8, 4) is 0 Å². The summed E-state index contributed by atoms with van der Waals surface area (Å²) in [5.41, 5.74) is 2.12.